The number of hydrogen-bond donors (Lipinski definition) is 0. The molecule has 0 N–H and O–H groups in total. The van der Waals surface area contributed by atoms with Crippen molar-refractivity contribution in [1.82, 2.24) is 0 Å². The van der Waals surface area contributed by atoms with E-state index in [1.54, 1.807) is 5.57 Å². The fourth-order valence-corrected chi connectivity index (χ4v) is 4.51. The molecule has 0 aliphatic heterocycles. The Morgan fingerprint density at radius 2 is 1.56 bits per heavy atom. The number of benzene rings is 1. The number of rotatable bonds is 3. The quantitative estimate of drug-likeness (QED) is 0.734. The van der Waals surface area contributed by atoms with Crippen LogP contribution in [0.1, 0.15) is 44.9 Å². The monoisotopic (exact) mass is 306 g/mol. The third-order valence-electron chi connectivity index (χ3n) is 3.46. The fraction of sp³-hybridized carbons (Fsp3) is 0.412. The molecule has 0 bridgehead atoms. The summed E-state index contributed by atoms with van der Waals surface area (Å²) in [6.07, 6.45) is 11.7. The molecule has 0 radical (unpaired) electrons. The Morgan fingerprint density at radius 1 is 0.944 bits per heavy atom. The van der Waals surface area contributed by atoms with Crippen LogP contribution in [0.4, 0.5) is 0 Å². The van der Waals surface area contributed by atoms with Gasteiger partial charge in [0.25, 0.3) is 0 Å². The van der Waals surface area contributed by atoms with Crippen LogP contribution in [0.5, 0.6) is 0 Å². The molecular formula is C17H22Se. The van der Waals surface area contributed by atoms with E-state index in [0.717, 1.165) is 0 Å². The molecule has 0 saturated heterocycles. The summed E-state index contributed by atoms with van der Waals surface area (Å²) in [5, 5.41) is 0. The summed E-state index contributed by atoms with van der Waals surface area (Å²) in [4.78, 5) is 0. The summed E-state index contributed by atoms with van der Waals surface area (Å²) >= 11 is 0.442. The Kier molecular flexibility index (Phi) is 5.77. The van der Waals surface area contributed by atoms with Crippen LogP contribution in [-0.4, -0.2) is 15.0 Å². The van der Waals surface area contributed by atoms with Gasteiger partial charge >= 0.3 is 117 Å². The Morgan fingerprint density at radius 3 is 2.17 bits per heavy atom. The Hall–Kier alpha value is -0.781. The molecule has 96 valence electrons. The van der Waals surface area contributed by atoms with Crippen molar-refractivity contribution >= 4 is 19.4 Å². The molecule has 0 amide bonds. The van der Waals surface area contributed by atoms with Gasteiger partial charge in [-0.05, 0) is 0 Å². The molecule has 1 fully saturated rings. The summed E-state index contributed by atoms with van der Waals surface area (Å²) in [6, 6.07) is 10.9. The van der Waals surface area contributed by atoms with Gasteiger partial charge in [-0.25, -0.2) is 0 Å². The summed E-state index contributed by atoms with van der Waals surface area (Å²) in [6.45, 7) is 4.04. The van der Waals surface area contributed by atoms with Crippen molar-refractivity contribution in [2.75, 3.05) is 0 Å². The molecule has 1 aliphatic carbocycles. The summed E-state index contributed by atoms with van der Waals surface area (Å²) in [5.41, 5.74) is 1.69. The topological polar surface area (TPSA) is 0 Å². The first-order valence-corrected chi connectivity index (χ1v) is 8.69. The van der Waals surface area contributed by atoms with Gasteiger partial charge in [0, 0.05) is 0 Å². The second kappa shape index (κ2) is 7.61. The van der Waals surface area contributed by atoms with E-state index < -0.39 is 0 Å². The molecule has 0 heterocycles. The van der Waals surface area contributed by atoms with Crippen LogP contribution in [0.3, 0.4) is 0 Å². The summed E-state index contributed by atoms with van der Waals surface area (Å²) in [5.74, 6) is 0. The second-order valence-corrected chi connectivity index (χ2v) is 7.19. The van der Waals surface area contributed by atoms with Crippen LogP contribution in [-0.2, 0) is 0 Å². The molecule has 0 unspecified atom stereocenters. The van der Waals surface area contributed by atoms with E-state index in [4.69, 9.17) is 0 Å². The average molecular weight is 305 g/mol. The third-order valence-corrected chi connectivity index (χ3v) is 5.94. The second-order valence-electron chi connectivity index (χ2n) is 4.85. The zero-order valence-electron chi connectivity index (χ0n) is 11.0. The molecule has 1 heteroatoms. The summed E-state index contributed by atoms with van der Waals surface area (Å²) in [7, 11) is 0. The molecule has 1 aromatic carbocycles. The zero-order chi connectivity index (χ0) is 12.6. The average Bonchev–Trinajstić information content (AvgIpc) is 2.37. The van der Waals surface area contributed by atoms with E-state index in [1.165, 1.54) is 53.9 Å². The van der Waals surface area contributed by atoms with Crippen molar-refractivity contribution in [2.24, 2.45) is 0 Å². The van der Waals surface area contributed by atoms with Gasteiger partial charge < -0.3 is 0 Å². The first-order chi connectivity index (χ1) is 8.90. The van der Waals surface area contributed by atoms with Crippen LogP contribution in [0.2, 0.25) is 0 Å². The van der Waals surface area contributed by atoms with Crippen molar-refractivity contribution in [2.45, 2.75) is 44.9 Å². The molecule has 1 aromatic rings. The minimum absolute atomic E-state index is 0.442. The van der Waals surface area contributed by atoms with Crippen LogP contribution in [0, 0.1) is 0 Å². The number of hydrogen-bond acceptors (Lipinski definition) is 0. The maximum atomic E-state index is 4.04. The van der Waals surface area contributed by atoms with Gasteiger partial charge in [-0.3, -0.25) is 0 Å². The zero-order valence-corrected chi connectivity index (χ0v) is 12.7. The van der Waals surface area contributed by atoms with Crippen molar-refractivity contribution in [3.05, 3.63) is 53.0 Å². The van der Waals surface area contributed by atoms with E-state index in [1.807, 2.05) is 0 Å². The van der Waals surface area contributed by atoms with Crippen LogP contribution < -0.4 is 4.46 Å². The van der Waals surface area contributed by atoms with Gasteiger partial charge in [0.15, 0.2) is 0 Å². The van der Waals surface area contributed by atoms with Crippen LogP contribution in [0.15, 0.2) is 53.0 Å². The van der Waals surface area contributed by atoms with E-state index in [2.05, 4.69) is 43.0 Å². The Bertz CT molecular complexity index is 393. The van der Waals surface area contributed by atoms with Crippen LogP contribution >= 0.6 is 0 Å². The predicted octanol–water partition coefficient (Wildman–Crippen LogP) is 4.20. The molecule has 2 rings (SSSR count). The van der Waals surface area contributed by atoms with E-state index in [-0.39, 0.29) is 0 Å². The molecule has 0 aromatic heterocycles. The normalized spacial score (nSPS) is 16.8. The Balaban J connectivity index is 2.11. The Labute approximate surface area is 117 Å². The fourth-order valence-electron chi connectivity index (χ4n) is 2.45. The standard InChI is InChI=1S/C17H22Se/c1-2-17(18-16-13-9-6-10-14-16)15-11-7-4-3-5-8-12-15/h2,6,9-10,13-14H,1,3-5,7-8,11-12H2. The van der Waals surface area contributed by atoms with E-state index in [9.17, 15) is 0 Å². The molecule has 0 atom stereocenters. The van der Waals surface area contributed by atoms with Crippen molar-refractivity contribution in [3.63, 3.8) is 0 Å². The maximum absolute atomic E-state index is 4.04. The first kappa shape index (κ1) is 13.6. The predicted molar refractivity (Wildman–Crippen MR) is 81.4 cm³/mol. The van der Waals surface area contributed by atoms with E-state index >= 15 is 0 Å². The third kappa shape index (κ3) is 4.15. The first-order valence-electron chi connectivity index (χ1n) is 6.97. The van der Waals surface area contributed by atoms with Crippen molar-refractivity contribution < 1.29 is 0 Å². The molecule has 0 nitrogen and oxygen atoms in total. The molecule has 0 spiro atoms. The van der Waals surface area contributed by atoms with Gasteiger partial charge in [-0.1, -0.05) is 0 Å². The van der Waals surface area contributed by atoms with Gasteiger partial charge in [0.05, 0.1) is 0 Å². The van der Waals surface area contributed by atoms with Gasteiger partial charge in [-0.15, -0.1) is 0 Å². The molecule has 1 saturated carbocycles. The number of allylic oxidation sites excluding steroid dienone is 3. The van der Waals surface area contributed by atoms with Gasteiger partial charge in [0.1, 0.15) is 0 Å². The van der Waals surface area contributed by atoms with Crippen molar-refractivity contribution in [1.29, 1.82) is 0 Å². The van der Waals surface area contributed by atoms with Crippen molar-refractivity contribution in [3.8, 4) is 0 Å². The molecule has 1 aliphatic rings. The minimum atomic E-state index is 0.442. The van der Waals surface area contributed by atoms with E-state index in [0.29, 0.717) is 15.0 Å². The van der Waals surface area contributed by atoms with Gasteiger partial charge in [0.2, 0.25) is 0 Å². The van der Waals surface area contributed by atoms with Crippen LogP contribution in [0.25, 0.3) is 0 Å². The molecule has 18 heavy (non-hydrogen) atoms. The summed E-state index contributed by atoms with van der Waals surface area (Å²) < 4.78 is 3.00. The molecular weight excluding hydrogens is 283 g/mol. The van der Waals surface area contributed by atoms with Gasteiger partial charge in [-0.2, -0.15) is 0 Å². The SMILES string of the molecule is C=CC([Se]c1ccccc1)=C1CCCCCCC1.